The second kappa shape index (κ2) is 10.5. The maximum absolute atomic E-state index is 11.6. The number of hydrogen-bond acceptors (Lipinski definition) is 7. The van der Waals surface area contributed by atoms with Gasteiger partial charge < -0.3 is 19.3 Å². The third-order valence-electron chi connectivity index (χ3n) is 5.56. The van der Waals surface area contributed by atoms with Gasteiger partial charge >= 0.3 is 11.9 Å². The molecule has 8 heteroatoms. The van der Waals surface area contributed by atoms with Gasteiger partial charge in [0.15, 0.2) is 0 Å². The molecule has 3 rings (SSSR count). The molecule has 0 amide bonds. The van der Waals surface area contributed by atoms with Crippen LogP contribution in [0.15, 0.2) is 30.8 Å². The summed E-state index contributed by atoms with van der Waals surface area (Å²) in [6.45, 7) is 8.12. The topological polar surface area (TPSA) is 101 Å². The zero-order valence-electron chi connectivity index (χ0n) is 18.8. The van der Waals surface area contributed by atoms with Crippen LogP contribution >= 0.6 is 0 Å². The van der Waals surface area contributed by atoms with E-state index >= 15 is 0 Å². The molecule has 1 atom stereocenters. The van der Waals surface area contributed by atoms with Crippen molar-refractivity contribution in [1.82, 2.24) is 0 Å². The van der Waals surface area contributed by atoms with Gasteiger partial charge in [-0.3, -0.25) is 9.59 Å². The monoisotopic (exact) mass is 448 g/mol. The van der Waals surface area contributed by atoms with Crippen molar-refractivity contribution in [1.29, 1.82) is 0 Å². The Balaban J connectivity index is 1.48. The average molecular weight is 449 g/mol. The Labute approximate surface area is 188 Å². The summed E-state index contributed by atoms with van der Waals surface area (Å²) < 4.78 is 17.1. The van der Waals surface area contributed by atoms with Crippen LogP contribution in [0.25, 0.3) is 5.57 Å². The number of carbonyl (C=O) groups is 2. The van der Waals surface area contributed by atoms with Gasteiger partial charge in [0.2, 0.25) is 5.79 Å². The van der Waals surface area contributed by atoms with Crippen molar-refractivity contribution in [3.8, 4) is 5.75 Å². The van der Waals surface area contributed by atoms with Crippen LogP contribution in [0.5, 0.6) is 5.75 Å². The van der Waals surface area contributed by atoms with Gasteiger partial charge in [-0.15, -0.1) is 0 Å². The Hall–Kier alpha value is -2.42. The number of rotatable bonds is 9. The fraction of sp³-hybridized carbons (Fsp3) is 0.583. The van der Waals surface area contributed by atoms with Crippen molar-refractivity contribution in [2.75, 3.05) is 13.2 Å². The third-order valence-corrected chi connectivity index (χ3v) is 5.56. The van der Waals surface area contributed by atoms with Crippen molar-refractivity contribution >= 4 is 17.5 Å². The minimum Gasteiger partial charge on any atom is -0.484 e. The Kier molecular flexibility index (Phi) is 7.92. The van der Waals surface area contributed by atoms with E-state index in [1.54, 1.807) is 13.8 Å². The molecule has 8 nitrogen and oxygen atoms in total. The number of ether oxygens (including phenoxy) is 3. The Morgan fingerprint density at radius 2 is 1.84 bits per heavy atom. The zero-order chi connectivity index (χ0) is 23.2. The number of carbonyl (C=O) groups excluding carboxylic acids is 1. The molecule has 1 unspecified atom stereocenters. The van der Waals surface area contributed by atoms with Crippen LogP contribution < -0.4 is 4.74 Å². The van der Waals surface area contributed by atoms with Gasteiger partial charge in [-0.25, -0.2) is 9.78 Å². The van der Waals surface area contributed by atoms with Crippen LogP contribution in [-0.2, 0) is 28.8 Å². The SMILES string of the molecule is C=C(c1ccc(OC(C)(C)COC(=O)CCC(=O)O)cc1)C1COC2(CCCCC2)OO1. The van der Waals surface area contributed by atoms with Crippen LogP contribution in [0, 0.1) is 0 Å². The molecule has 0 radical (unpaired) electrons. The molecule has 1 aliphatic carbocycles. The molecule has 1 heterocycles. The summed E-state index contributed by atoms with van der Waals surface area (Å²) in [5.41, 5.74) is 0.862. The molecule has 1 saturated carbocycles. The van der Waals surface area contributed by atoms with Crippen LogP contribution in [0.1, 0.15) is 64.4 Å². The molecule has 1 aromatic carbocycles. The molecule has 1 aliphatic heterocycles. The number of carboxylic acid groups (broad SMARTS) is 1. The van der Waals surface area contributed by atoms with Gasteiger partial charge in [-0.05, 0) is 50.0 Å². The van der Waals surface area contributed by atoms with Crippen molar-refractivity contribution in [2.24, 2.45) is 0 Å². The van der Waals surface area contributed by atoms with E-state index in [2.05, 4.69) is 6.58 Å². The fourth-order valence-corrected chi connectivity index (χ4v) is 3.71. The van der Waals surface area contributed by atoms with E-state index in [0.29, 0.717) is 12.4 Å². The van der Waals surface area contributed by atoms with Gasteiger partial charge in [0, 0.05) is 12.8 Å². The maximum atomic E-state index is 11.6. The maximum Gasteiger partial charge on any atom is 0.306 e. The summed E-state index contributed by atoms with van der Waals surface area (Å²) in [6, 6.07) is 7.37. The van der Waals surface area contributed by atoms with Crippen LogP contribution in [0.2, 0.25) is 0 Å². The molecule has 32 heavy (non-hydrogen) atoms. The molecular formula is C24H32O8. The molecule has 2 fully saturated rings. The fourth-order valence-electron chi connectivity index (χ4n) is 3.71. The van der Waals surface area contributed by atoms with Crippen molar-refractivity contribution in [2.45, 2.75) is 76.3 Å². The number of benzene rings is 1. The van der Waals surface area contributed by atoms with Crippen LogP contribution in [0.4, 0.5) is 0 Å². The second-order valence-electron chi connectivity index (χ2n) is 8.92. The first kappa shape index (κ1) is 24.2. The smallest absolute Gasteiger partial charge is 0.306 e. The highest BCUT2D eigenvalue weighted by Crippen LogP contribution is 2.37. The van der Waals surface area contributed by atoms with E-state index in [1.165, 1.54) is 6.42 Å². The summed E-state index contributed by atoms with van der Waals surface area (Å²) in [5.74, 6) is -1.60. The molecule has 1 spiro atoms. The number of hydrogen-bond donors (Lipinski definition) is 1. The summed E-state index contributed by atoms with van der Waals surface area (Å²) in [6.07, 6.45) is 4.25. The Morgan fingerprint density at radius 1 is 1.16 bits per heavy atom. The molecule has 2 aliphatic rings. The average Bonchev–Trinajstić information content (AvgIpc) is 2.77. The van der Waals surface area contributed by atoms with E-state index in [4.69, 9.17) is 29.1 Å². The lowest BCUT2D eigenvalue weighted by molar-refractivity contribution is -0.483. The van der Waals surface area contributed by atoms with E-state index < -0.39 is 23.3 Å². The first-order valence-electron chi connectivity index (χ1n) is 11.0. The van der Waals surface area contributed by atoms with Crippen molar-refractivity contribution < 1.29 is 38.7 Å². The number of carboxylic acids is 1. The highest BCUT2D eigenvalue weighted by atomic mass is 17.2. The normalized spacial score (nSPS) is 20.5. The molecule has 1 N–H and O–H groups in total. The summed E-state index contributed by atoms with van der Waals surface area (Å²) in [5, 5.41) is 8.63. The first-order valence-corrected chi connectivity index (χ1v) is 11.0. The van der Waals surface area contributed by atoms with Gasteiger partial charge in [0.05, 0.1) is 19.4 Å². The largest absolute Gasteiger partial charge is 0.484 e. The standard InChI is InChI=1S/C24H32O8/c1-17(20-15-29-24(32-31-20)13-5-4-6-14-24)18-7-9-19(10-8-18)30-23(2,3)16-28-22(27)12-11-21(25)26/h7-10,20H,1,4-6,11-16H2,2-3H3,(H,25,26). The van der Waals surface area contributed by atoms with E-state index in [-0.39, 0.29) is 25.6 Å². The zero-order valence-corrected chi connectivity index (χ0v) is 18.8. The van der Waals surface area contributed by atoms with Gasteiger partial charge in [-0.1, -0.05) is 25.1 Å². The number of aliphatic carboxylic acids is 1. The van der Waals surface area contributed by atoms with E-state index in [0.717, 1.165) is 36.8 Å². The predicted molar refractivity (Wildman–Crippen MR) is 116 cm³/mol. The quantitative estimate of drug-likeness (QED) is 0.441. The highest BCUT2D eigenvalue weighted by molar-refractivity contribution is 5.76. The van der Waals surface area contributed by atoms with E-state index in [1.807, 2.05) is 24.3 Å². The summed E-state index contributed by atoms with van der Waals surface area (Å²) >= 11 is 0. The minimum absolute atomic E-state index is 0.00620. The van der Waals surface area contributed by atoms with E-state index in [9.17, 15) is 9.59 Å². The highest BCUT2D eigenvalue weighted by Gasteiger charge is 2.41. The van der Waals surface area contributed by atoms with Crippen molar-refractivity contribution in [3.63, 3.8) is 0 Å². The predicted octanol–water partition coefficient (Wildman–Crippen LogP) is 4.27. The van der Waals surface area contributed by atoms with Crippen LogP contribution in [0.3, 0.4) is 0 Å². The van der Waals surface area contributed by atoms with Crippen LogP contribution in [-0.4, -0.2) is 47.8 Å². The molecule has 1 aromatic rings. The molecule has 1 saturated heterocycles. The molecule has 176 valence electrons. The summed E-state index contributed by atoms with van der Waals surface area (Å²) in [4.78, 5) is 33.5. The molecule has 0 aromatic heterocycles. The van der Waals surface area contributed by atoms with Crippen molar-refractivity contribution in [3.05, 3.63) is 36.4 Å². The molecule has 0 bridgehead atoms. The molecular weight excluding hydrogens is 416 g/mol. The number of esters is 1. The van der Waals surface area contributed by atoms with Gasteiger partial charge in [0.25, 0.3) is 0 Å². The Morgan fingerprint density at radius 3 is 2.44 bits per heavy atom. The Bertz CT molecular complexity index is 798. The lowest BCUT2D eigenvalue weighted by Crippen LogP contribution is -2.46. The lowest BCUT2D eigenvalue weighted by Gasteiger charge is -2.41. The minimum atomic E-state index is -1.04. The van der Waals surface area contributed by atoms with Gasteiger partial charge in [-0.2, -0.15) is 0 Å². The summed E-state index contributed by atoms with van der Waals surface area (Å²) in [7, 11) is 0. The lowest BCUT2D eigenvalue weighted by atomic mass is 9.94. The van der Waals surface area contributed by atoms with Gasteiger partial charge in [0.1, 0.15) is 24.1 Å². The second-order valence-corrected chi connectivity index (χ2v) is 8.92. The third kappa shape index (κ3) is 6.79. The first-order chi connectivity index (χ1) is 15.2.